The van der Waals surface area contributed by atoms with E-state index in [-0.39, 0.29) is 6.61 Å². The highest BCUT2D eigenvalue weighted by Crippen LogP contribution is 2.28. The molecule has 2 aromatic rings. The number of ether oxygens (including phenoxy) is 1. The summed E-state index contributed by atoms with van der Waals surface area (Å²) in [7, 11) is 0. The van der Waals surface area contributed by atoms with Gasteiger partial charge in [-0.25, -0.2) is 0 Å². The van der Waals surface area contributed by atoms with Crippen molar-refractivity contribution in [3.8, 4) is 5.75 Å². The van der Waals surface area contributed by atoms with Crippen LogP contribution in [0.4, 0.5) is 0 Å². The molecule has 1 atom stereocenters. The Kier molecular flexibility index (Phi) is 3.98. The van der Waals surface area contributed by atoms with Gasteiger partial charge in [-0.1, -0.05) is 21.1 Å². The van der Waals surface area contributed by atoms with E-state index in [2.05, 4.69) is 26.1 Å². The lowest BCUT2D eigenvalue weighted by Crippen LogP contribution is -2.02. The van der Waals surface area contributed by atoms with Gasteiger partial charge in [-0.05, 0) is 25.1 Å². The van der Waals surface area contributed by atoms with Gasteiger partial charge >= 0.3 is 0 Å². The summed E-state index contributed by atoms with van der Waals surface area (Å²) in [5, 5.41) is 13.4. The second kappa shape index (κ2) is 5.49. The van der Waals surface area contributed by atoms with E-state index in [0.717, 1.165) is 4.47 Å². The van der Waals surface area contributed by atoms with Crippen molar-refractivity contribution >= 4 is 15.9 Å². The Labute approximate surface area is 113 Å². The molecule has 1 aromatic carbocycles. The van der Waals surface area contributed by atoms with Crippen LogP contribution in [0.5, 0.6) is 5.75 Å². The van der Waals surface area contributed by atoms with Crippen molar-refractivity contribution in [2.24, 2.45) is 0 Å². The Morgan fingerprint density at radius 2 is 2.28 bits per heavy atom. The van der Waals surface area contributed by atoms with Gasteiger partial charge in [0.1, 0.15) is 5.75 Å². The van der Waals surface area contributed by atoms with E-state index in [4.69, 9.17) is 9.26 Å². The zero-order valence-corrected chi connectivity index (χ0v) is 11.6. The van der Waals surface area contributed by atoms with Gasteiger partial charge in [0.15, 0.2) is 6.61 Å². The molecule has 1 aromatic heterocycles. The van der Waals surface area contributed by atoms with Crippen LogP contribution in [0.2, 0.25) is 0 Å². The molecule has 1 heterocycles. The maximum absolute atomic E-state index is 9.68. The van der Waals surface area contributed by atoms with Gasteiger partial charge in [-0.2, -0.15) is 4.98 Å². The molecule has 96 valence electrons. The largest absolute Gasteiger partial charge is 0.485 e. The van der Waals surface area contributed by atoms with Gasteiger partial charge in [-0.15, -0.1) is 0 Å². The first-order valence-electron chi connectivity index (χ1n) is 5.46. The summed E-state index contributed by atoms with van der Waals surface area (Å²) in [6.07, 6.45) is -0.607. The number of nitrogens with zero attached hydrogens (tertiary/aromatic N) is 2. The fraction of sp³-hybridized carbons (Fsp3) is 0.333. The van der Waals surface area contributed by atoms with Crippen LogP contribution < -0.4 is 4.74 Å². The maximum Gasteiger partial charge on any atom is 0.223 e. The molecule has 1 N–H and O–H groups in total. The number of benzene rings is 1. The average Bonchev–Trinajstić information content (AvgIpc) is 2.73. The Morgan fingerprint density at radius 3 is 2.89 bits per heavy atom. The summed E-state index contributed by atoms with van der Waals surface area (Å²) in [5.41, 5.74) is 0.713. The van der Waals surface area contributed by atoms with Crippen LogP contribution in [0.3, 0.4) is 0 Å². The van der Waals surface area contributed by atoms with Crippen LogP contribution in [-0.2, 0) is 6.61 Å². The minimum Gasteiger partial charge on any atom is -0.485 e. The SMILES string of the molecule is Cc1nc(COc2ccc(Br)cc2[C@H](C)O)no1. The van der Waals surface area contributed by atoms with E-state index in [1.807, 2.05) is 12.1 Å². The smallest absolute Gasteiger partial charge is 0.223 e. The predicted octanol–water partition coefficient (Wildman–Crippen LogP) is 2.77. The van der Waals surface area contributed by atoms with Crippen LogP contribution >= 0.6 is 15.9 Å². The molecule has 5 nitrogen and oxygen atoms in total. The number of aromatic nitrogens is 2. The highest BCUT2D eigenvalue weighted by Gasteiger charge is 2.11. The van der Waals surface area contributed by atoms with E-state index in [9.17, 15) is 5.11 Å². The molecule has 2 rings (SSSR count). The number of halogens is 1. The van der Waals surface area contributed by atoms with Gasteiger partial charge in [0, 0.05) is 17.0 Å². The molecule has 0 unspecified atom stereocenters. The third kappa shape index (κ3) is 3.08. The topological polar surface area (TPSA) is 68.4 Å². The van der Waals surface area contributed by atoms with E-state index < -0.39 is 6.10 Å². The van der Waals surface area contributed by atoms with E-state index in [1.165, 1.54) is 0 Å². The second-order valence-corrected chi connectivity index (χ2v) is 4.79. The molecule has 0 radical (unpaired) electrons. The van der Waals surface area contributed by atoms with Crippen molar-refractivity contribution in [2.45, 2.75) is 26.6 Å². The first-order valence-corrected chi connectivity index (χ1v) is 6.25. The Morgan fingerprint density at radius 1 is 1.50 bits per heavy atom. The summed E-state index contributed by atoms with van der Waals surface area (Å²) in [5.74, 6) is 1.59. The third-order valence-corrected chi connectivity index (χ3v) is 2.84. The van der Waals surface area contributed by atoms with Gasteiger partial charge in [-0.3, -0.25) is 0 Å². The number of aliphatic hydroxyl groups excluding tert-OH is 1. The van der Waals surface area contributed by atoms with Crippen LogP contribution in [0.1, 0.15) is 30.3 Å². The molecule has 0 saturated heterocycles. The lowest BCUT2D eigenvalue weighted by molar-refractivity contribution is 0.189. The van der Waals surface area contributed by atoms with Crippen LogP contribution in [0, 0.1) is 6.92 Å². The van der Waals surface area contributed by atoms with Crippen LogP contribution in [0.15, 0.2) is 27.2 Å². The predicted molar refractivity (Wildman–Crippen MR) is 68.1 cm³/mol. The highest BCUT2D eigenvalue weighted by atomic mass is 79.9. The molecular weight excluding hydrogens is 300 g/mol. The number of hydrogen-bond donors (Lipinski definition) is 1. The molecule has 0 aliphatic heterocycles. The molecule has 0 bridgehead atoms. The zero-order valence-electron chi connectivity index (χ0n) is 10.1. The van der Waals surface area contributed by atoms with Crippen LogP contribution in [-0.4, -0.2) is 15.2 Å². The summed E-state index contributed by atoms with van der Waals surface area (Å²) in [6, 6.07) is 5.46. The molecule has 18 heavy (non-hydrogen) atoms. The average molecular weight is 313 g/mol. The van der Waals surface area contributed by atoms with Gasteiger partial charge in [0.05, 0.1) is 6.10 Å². The molecule has 0 saturated carbocycles. The number of rotatable bonds is 4. The molecule has 0 aliphatic carbocycles. The molecule has 0 fully saturated rings. The maximum atomic E-state index is 9.68. The Balaban J connectivity index is 2.13. The summed E-state index contributed by atoms with van der Waals surface area (Å²) < 4.78 is 11.3. The van der Waals surface area contributed by atoms with Crippen molar-refractivity contribution < 1.29 is 14.4 Å². The lowest BCUT2D eigenvalue weighted by atomic mass is 10.1. The minimum atomic E-state index is -0.607. The molecule has 6 heteroatoms. The van der Waals surface area contributed by atoms with Gasteiger partial charge < -0.3 is 14.4 Å². The zero-order chi connectivity index (χ0) is 13.1. The first-order chi connectivity index (χ1) is 8.56. The number of aryl methyl sites for hydroxylation is 1. The Bertz CT molecular complexity index is 540. The van der Waals surface area contributed by atoms with Crippen molar-refractivity contribution in [2.75, 3.05) is 0 Å². The molecule has 0 aliphatic rings. The quantitative estimate of drug-likeness (QED) is 0.940. The molecule has 0 spiro atoms. The Hall–Kier alpha value is -1.40. The standard InChI is InChI=1S/C12H13BrN2O3/c1-7(16)10-5-9(13)3-4-11(10)17-6-12-14-8(2)18-15-12/h3-5,7,16H,6H2,1-2H3/t7-/m0/s1. The fourth-order valence-corrected chi connectivity index (χ4v) is 1.90. The highest BCUT2D eigenvalue weighted by molar-refractivity contribution is 9.10. The van der Waals surface area contributed by atoms with Crippen molar-refractivity contribution in [3.05, 3.63) is 40.0 Å². The second-order valence-electron chi connectivity index (χ2n) is 3.88. The van der Waals surface area contributed by atoms with Crippen molar-refractivity contribution in [1.82, 2.24) is 10.1 Å². The van der Waals surface area contributed by atoms with Crippen molar-refractivity contribution in [3.63, 3.8) is 0 Å². The van der Waals surface area contributed by atoms with E-state index >= 15 is 0 Å². The number of hydrogen-bond acceptors (Lipinski definition) is 5. The van der Waals surface area contributed by atoms with E-state index in [0.29, 0.717) is 23.0 Å². The third-order valence-electron chi connectivity index (χ3n) is 2.35. The van der Waals surface area contributed by atoms with Crippen molar-refractivity contribution in [1.29, 1.82) is 0 Å². The van der Waals surface area contributed by atoms with Crippen LogP contribution in [0.25, 0.3) is 0 Å². The monoisotopic (exact) mass is 312 g/mol. The molecule has 0 amide bonds. The van der Waals surface area contributed by atoms with Gasteiger partial charge in [0.25, 0.3) is 0 Å². The summed E-state index contributed by atoms with van der Waals surface area (Å²) in [6.45, 7) is 3.61. The number of aliphatic hydroxyl groups is 1. The fourth-order valence-electron chi connectivity index (χ4n) is 1.52. The first kappa shape index (κ1) is 13.0. The summed E-state index contributed by atoms with van der Waals surface area (Å²) >= 11 is 3.36. The summed E-state index contributed by atoms with van der Waals surface area (Å²) in [4.78, 5) is 4.04. The normalized spacial score (nSPS) is 12.4. The molecular formula is C12H13BrN2O3. The lowest BCUT2D eigenvalue weighted by Gasteiger charge is -2.12. The minimum absolute atomic E-state index is 0.207. The van der Waals surface area contributed by atoms with Gasteiger partial charge in [0.2, 0.25) is 11.7 Å². The van der Waals surface area contributed by atoms with E-state index in [1.54, 1.807) is 19.9 Å².